The number of aromatic nitrogens is 3. The van der Waals surface area contributed by atoms with E-state index in [2.05, 4.69) is 4.98 Å². The van der Waals surface area contributed by atoms with Crippen molar-refractivity contribution in [1.82, 2.24) is 14.1 Å². The minimum Gasteiger partial charge on any atom is -0.493 e. The molecule has 0 aliphatic heterocycles. The Balaban J connectivity index is 1.63. The molecule has 1 N–H and O–H groups in total. The smallest absolute Gasteiger partial charge is 0.493 e. The van der Waals surface area contributed by atoms with Crippen molar-refractivity contribution in [1.29, 1.82) is 0 Å². The van der Waals surface area contributed by atoms with Crippen molar-refractivity contribution in [2.45, 2.75) is 16.9 Å². The lowest BCUT2D eigenvalue weighted by Crippen LogP contribution is -2.24. The molecule has 2 aromatic heterocycles. The van der Waals surface area contributed by atoms with E-state index in [0.717, 1.165) is 34.4 Å². The van der Waals surface area contributed by atoms with E-state index in [-0.39, 0.29) is 12.2 Å². The van der Waals surface area contributed by atoms with Crippen LogP contribution in [0.3, 0.4) is 0 Å². The number of imidazole rings is 1. The summed E-state index contributed by atoms with van der Waals surface area (Å²) in [6.45, 7) is 0.0725. The molecule has 0 saturated heterocycles. The van der Waals surface area contributed by atoms with Crippen molar-refractivity contribution in [3.05, 3.63) is 94.1 Å². The van der Waals surface area contributed by atoms with Crippen molar-refractivity contribution in [3.8, 4) is 22.8 Å². The number of hydrogen-bond donors (Lipinski definition) is 1. The van der Waals surface area contributed by atoms with E-state index in [4.69, 9.17) is 11.6 Å². The molecule has 4 rings (SSSR count). The largest absolute Gasteiger partial charge is 0.501 e. The van der Waals surface area contributed by atoms with Crippen molar-refractivity contribution < 1.29 is 26.7 Å². The van der Waals surface area contributed by atoms with Crippen LogP contribution < -0.4 is 5.69 Å². The summed E-state index contributed by atoms with van der Waals surface area (Å²) in [5.41, 5.74) is -3.97. The van der Waals surface area contributed by atoms with Gasteiger partial charge in [0.1, 0.15) is 0 Å². The van der Waals surface area contributed by atoms with Crippen LogP contribution >= 0.6 is 11.6 Å². The molecule has 0 bridgehead atoms. The van der Waals surface area contributed by atoms with Crippen LogP contribution in [0.1, 0.15) is 5.56 Å². The van der Waals surface area contributed by atoms with E-state index >= 15 is 0 Å². The van der Waals surface area contributed by atoms with Crippen LogP contribution in [-0.2, 0) is 16.4 Å². The Bertz CT molecular complexity index is 1510. The number of rotatable bonds is 5. The number of alkyl halides is 3. The van der Waals surface area contributed by atoms with Gasteiger partial charge in [-0.05, 0) is 54.1 Å². The number of pyridine rings is 1. The first-order valence-corrected chi connectivity index (χ1v) is 11.5. The standard InChI is InChI=1S/C22H15ClF3N3O4S/c23-16-3-1-15(2-4-16)19-11-14(9-10-27-19)12-28-13-20(30)29(21(28)31)17-5-7-18(8-6-17)34(32,33)22(24,25)26/h1-11,13,30H,12H2. The highest BCUT2D eigenvalue weighted by molar-refractivity contribution is 7.92. The van der Waals surface area contributed by atoms with Crippen LogP contribution in [0.2, 0.25) is 5.02 Å². The Kier molecular flexibility index (Phi) is 6.00. The Morgan fingerprint density at radius 1 is 1.00 bits per heavy atom. The molecule has 0 radical (unpaired) electrons. The Morgan fingerprint density at radius 2 is 1.65 bits per heavy atom. The highest BCUT2D eigenvalue weighted by Gasteiger charge is 2.46. The molecular formula is C22H15ClF3N3O4S. The van der Waals surface area contributed by atoms with Crippen molar-refractivity contribution in [3.63, 3.8) is 0 Å². The summed E-state index contributed by atoms with van der Waals surface area (Å²) in [4.78, 5) is 16.2. The molecule has 0 fully saturated rings. The lowest BCUT2D eigenvalue weighted by Gasteiger charge is -2.09. The Labute approximate surface area is 196 Å². The van der Waals surface area contributed by atoms with Gasteiger partial charge in [0.15, 0.2) is 0 Å². The van der Waals surface area contributed by atoms with Crippen molar-refractivity contribution in [2.24, 2.45) is 0 Å². The summed E-state index contributed by atoms with van der Waals surface area (Å²) in [6, 6.07) is 14.0. The normalized spacial score (nSPS) is 12.1. The molecule has 0 amide bonds. The molecule has 0 spiro atoms. The van der Waals surface area contributed by atoms with Gasteiger partial charge in [-0.15, -0.1) is 0 Å². The quantitative estimate of drug-likeness (QED) is 0.430. The number of benzene rings is 2. The maximum atomic E-state index is 12.9. The maximum absolute atomic E-state index is 12.9. The van der Waals surface area contributed by atoms with E-state index in [9.17, 15) is 31.5 Å². The fourth-order valence-electron chi connectivity index (χ4n) is 3.29. The van der Waals surface area contributed by atoms with Crippen LogP contribution in [0, 0.1) is 0 Å². The third-order valence-electron chi connectivity index (χ3n) is 4.96. The molecule has 0 atom stereocenters. The summed E-state index contributed by atoms with van der Waals surface area (Å²) in [6.07, 6.45) is 2.74. The number of nitrogens with zero attached hydrogens (tertiary/aromatic N) is 3. The third kappa shape index (κ3) is 4.44. The third-order valence-corrected chi connectivity index (χ3v) is 6.72. The molecule has 12 heteroatoms. The predicted octanol–water partition coefficient (Wildman–Crippen LogP) is 4.40. The molecule has 0 aliphatic rings. The zero-order valence-electron chi connectivity index (χ0n) is 17.1. The van der Waals surface area contributed by atoms with Crippen LogP contribution in [0.25, 0.3) is 16.9 Å². The van der Waals surface area contributed by atoms with Crippen molar-refractivity contribution in [2.75, 3.05) is 0 Å². The summed E-state index contributed by atoms with van der Waals surface area (Å²) in [5, 5.41) is 10.9. The molecule has 4 aromatic rings. The Morgan fingerprint density at radius 3 is 2.26 bits per heavy atom. The molecule has 0 unspecified atom stereocenters. The number of halogens is 4. The molecule has 0 saturated carbocycles. The van der Waals surface area contributed by atoms with Gasteiger partial charge in [-0.2, -0.15) is 13.2 Å². The molecule has 34 heavy (non-hydrogen) atoms. The number of hydrogen-bond acceptors (Lipinski definition) is 5. The van der Waals surface area contributed by atoms with E-state index in [1.54, 1.807) is 42.6 Å². The van der Waals surface area contributed by atoms with E-state index in [1.807, 2.05) is 0 Å². The number of sulfone groups is 1. The van der Waals surface area contributed by atoms with Gasteiger partial charge in [0.25, 0.3) is 9.84 Å². The van der Waals surface area contributed by atoms with Gasteiger partial charge in [0.05, 0.1) is 29.0 Å². The fourth-order valence-corrected chi connectivity index (χ4v) is 4.18. The molecule has 0 aliphatic carbocycles. The first-order chi connectivity index (χ1) is 16.0. The molecule has 2 aromatic carbocycles. The topological polar surface area (TPSA) is 94.2 Å². The van der Waals surface area contributed by atoms with Crippen LogP contribution in [-0.4, -0.2) is 33.2 Å². The first-order valence-electron chi connectivity index (χ1n) is 9.61. The van der Waals surface area contributed by atoms with E-state index in [0.29, 0.717) is 16.3 Å². The van der Waals surface area contributed by atoms with E-state index < -0.39 is 31.8 Å². The highest BCUT2D eigenvalue weighted by atomic mass is 35.5. The van der Waals surface area contributed by atoms with Gasteiger partial charge in [-0.25, -0.2) is 17.8 Å². The second-order valence-electron chi connectivity index (χ2n) is 7.23. The summed E-state index contributed by atoms with van der Waals surface area (Å²) >= 11 is 5.91. The second-order valence-corrected chi connectivity index (χ2v) is 9.61. The van der Waals surface area contributed by atoms with Gasteiger partial charge in [-0.1, -0.05) is 23.7 Å². The average Bonchev–Trinajstić information content (AvgIpc) is 3.06. The maximum Gasteiger partial charge on any atom is 0.501 e. The number of aromatic hydroxyl groups is 1. The zero-order valence-corrected chi connectivity index (χ0v) is 18.6. The monoisotopic (exact) mass is 509 g/mol. The van der Waals surface area contributed by atoms with Gasteiger partial charge in [0.2, 0.25) is 5.88 Å². The lowest BCUT2D eigenvalue weighted by molar-refractivity contribution is -0.0436. The minimum absolute atomic E-state index is 0.000967. The summed E-state index contributed by atoms with van der Waals surface area (Å²) in [5.74, 6) is -0.469. The fraction of sp³-hybridized carbons (Fsp3) is 0.0909. The Hall–Kier alpha value is -3.57. The average molecular weight is 510 g/mol. The SMILES string of the molecule is O=c1n(Cc2ccnc(-c3ccc(Cl)cc3)c2)cc(O)n1-c1ccc(S(=O)(=O)C(F)(F)F)cc1. The predicted molar refractivity (Wildman–Crippen MR) is 119 cm³/mol. The summed E-state index contributed by atoms with van der Waals surface area (Å²) < 4.78 is 63.3. The van der Waals surface area contributed by atoms with Gasteiger partial charge in [0, 0.05) is 16.8 Å². The van der Waals surface area contributed by atoms with Crippen molar-refractivity contribution >= 4 is 21.4 Å². The molecule has 176 valence electrons. The molecular weight excluding hydrogens is 495 g/mol. The second kappa shape index (κ2) is 8.65. The van der Waals surface area contributed by atoms with E-state index in [1.165, 1.54) is 10.8 Å². The highest BCUT2D eigenvalue weighted by Crippen LogP contribution is 2.30. The van der Waals surface area contributed by atoms with Crippen LogP contribution in [0.4, 0.5) is 13.2 Å². The molecule has 2 heterocycles. The van der Waals surface area contributed by atoms with Gasteiger partial charge < -0.3 is 5.11 Å². The molecule has 7 nitrogen and oxygen atoms in total. The van der Waals surface area contributed by atoms with Crippen LogP contribution in [0.15, 0.2) is 82.7 Å². The lowest BCUT2D eigenvalue weighted by atomic mass is 10.1. The van der Waals surface area contributed by atoms with Gasteiger partial charge in [-0.3, -0.25) is 9.55 Å². The minimum atomic E-state index is -5.53. The van der Waals surface area contributed by atoms with Crippen LogP contribution in [0.5, 0.6) is 5.88 Å². The summed E-state index contributed by atoms with van der Waals surface area (Å²) in [7, 11) is -5.53. The first kappa shape index (κ1) is 23.6. The van der Waals surface area contributed by atoms with Gasteiger partial charge >= 0.3 is 11.2 Å². The zero-order chi connectivity index (χ0) is 24.7.